The van der Waals surface area contributed by atoms with Gasteiger partial charge in [0.25, 0.3) is 0 Å². The molecule has 0 spiro atoms. The molecule has 2 heterocycles. The van der Waals surface area contributed by atoms with E-state index in [4.69, 9.17) is 16.3 Å². The number of nitrogens with one attached hydrogen (secondary N) is 1. The quantitative estimate of drug-likeness (QED) is 0.787. The number of halogens is 1. The number of rotatable bonds is 5. The van der Waals surface area contributed by atoms with Crippen molar-refractivity contribution in [1.82, 2.24) is 10.2 Å². The van der Waals surface area contributed by atoms with Crippen LogP contribution in [0.25, 0.3) is 0 Å². The lowest BCUT2D eigenvalue weighted by atomic mass is 9.84. The zero-order valence-corrected chi connectivity index (χ0v) is 15.3. The number of amides is 2. The number of ether oxygens (including phenoxy) is 1. The number of nitrogens with zero attached hydrogens (tertiary/aromatic N) is 1. The molecule has 2 N–H and O–H groups in total. The third-order valence-electron chi connectivity index (χ3n) is 5.35. The predicted molar refractivity (Wildman–Crippen MR) is 97.7 cm³/mol. The standard InChI is InChI=1S/C19H27ClN2O3/c20-17-5-3-16(4-6-17)19(24)8-11-22(12-9-19)18(23)21-10-1-2-15-7-13-25-14-15/h3-6,15,24H,1-2,7-14H2,(H,21,23)/t15-/m0/s1. The Balaban J connectivity index is 1.40. The summed E-state index contributed by atoms with van der Waals surface area (Å²) in [7, 11) is 0. The van der Waals surface area contributed by atoms with Crippen molar-refractivity contribution in [1.29, 1.82) is 0 Å². The van der Waals surface area contributed by atoms with E-state index < -0.39 is 5.60 Å². The fourth-order valence-corrected chi connectivity index (χ4v) is 3.76. The van der Waals surface area contributed by atoms with Crippen molar-refractivity contribution in [3.05, 3.63) is 34.9 Å². The smallest absolute Gasteiger partial charge is 0.317 e. The van der Waals surface area contributed by atoms with Gasteiger partial charge in [0.2, 0.25) is 0 Å². The van der Waals surface area contributed by atoms with E-state index in [0.29, 0.717) is 43.4 Å². The first-order valence-corrected chi connectivity index (χ1v) is 9.53. The van der Waals surface area contributed by atoms with Gasteiger partial charge in [-0.1, -0.05) is 23.7 Å². The number of urea groups is 1. The minimum absolute atomic E-state index is 0.0270. The number of hydrogen-bond donors (Lipinski definition) is 2. The maximum atomic E-state index is 12.3. The second kappa shape index (κ2) is 8.39. The van der Waals surface area contributed by atoms with E-state index in [1.165, 1.54) is 0 Å². The van der Waals surface area contributed by atoms with Crippen LogP contribution in [-0.2, 0) is 10.3 Å². The molecule has 1 atom stereocenters. The van der Waals surface area contributed by atoms with Crippen molar-refractivity contribution in [3.63, 3.8) is 0 Å². The van der Waals surface area contributed by atoms with E-state index in [1.807, 2.05) is 12.1 Å². The van der Waals surface area contributed by atoms with Crippen molar-refractivity contribution in [2.24, 2.45) is 5.92 Å². The van der Waals surface area contributed by atoms with Crippen LogP contribution in [0, 0.1) is 5.92 Å². The lowest BCUT2D eigenvalue weighted by Gasteiger charge is -2.38. The van der Waals surface area contributed by atoms with Gasteiger partial charge < -0.3 is 20.1 Å². The van der Waals surface area contributed by atoms with Crippen molar-refractivity contribution in [2.75, 3.05) is 32.8 Å². The number of carbonyl (C=O) groups excluding carboxylic acids is 1. The van der Waals surface area contributed by atoms with Gasteiger partial charge in [0, 0.05) is 37.9 Å². The highest BCUT2D eigenvalue weighted by molar-refractivity contribution is 6.30. The molecule has 1 aromatic carbocycles. The second-order valence-electron chi connectivity index (χ2n) is 7.13. The molecular weight excluding hydrogens is 340 g/mol. The van der Waals surface area contributed by atoms with Gasteiger partial charge in [0.1, 0.15) is 0 Å². The molecule has 3 rings (SSSR count). The SMILES string of the molecule is O=C(NCCC[C@H]1CCOC1)N1CCC(O)(c2ccc(Cl)cc2)CC1. The topological polar surface area (TPSA) is 61.8 Å². The van der Waals surface area contributed by atoms with Crippen LogP contribution in [0.2, 0.25) is 5.02 Å². The largest absolute Gasteiger partial charge is 0.385 e. The summed E-state index contributed by atoms with van der Waals surface area (Å²) in [6.45, 7) is 3.56. The highest BCUT2D eigenvalue weighted by atomic mass is 35.5. The molecule has 0 radical (unpaired) electrons. The predicted octanol–water partition coefficient (Wildman–Crippen LogP) is 3.15. The average molecular weight is 367 g/mol. The van der Waals surface area contributed by atoms with Gasteiger partial charge in [-0.05, 0) is 55.7 Å². The fourth-order valence-electron chi connectivity index (χ4n) is 3.64. The van der Waals surface area contributed by atoms with Gasteiger partial charge in [0.15, 0.2) is 0 Å². The first kappa shape index (κ1) is 18.5. The number of piperidine rings is 1. The lowest BCUT2D eigenvalue weighted by molar-refractivity contribution is -0.0167. The van der Waals surface area contributed by atoms with Gasteiger partial charge in [0.05, 0.1) is 5.60 Å². The molecule has 0 aromatic heterocycles. The van der Waals surface area contributed by atoms with E-state index in [0.717, 1.165) is 38.0 Å². The normalized spacial score (nSPS) is 22.8. The van der Waals surface area contributed by atoms with E-state index >= 15 is 0 Å². The minimum atomic E-state index is -0.871. The molecule has 2 aliphatic heterocycles. The lowest BCUT2D eigenvalue weighted by Crippen LogP contribution is -2.48. The molecule has 0 bridgehead atoms. The summed E-state index contributed by atoms with van der Waals surface area (Å²) in [6.07, 6.45) is 4.32. The number of aliphatic hydroxyl groups is 1. The monoisotopic (exact) mass is 366 g/mol. The van der Waals surface area contributed by atoms with Crippen LogP contribution in [-0.4, -0.2) is 48.9 Å². The fraction of sp³-hybridized carbons (Fsp3) is 0.632. The van der Waals surface area contributed by atoms with Crippen molar-refractivity contribution in [2.45, 2.75) is 37.7 Å². The van der Waals surface area contributed by atoms with E-state index in [2.05, 4.69) is 5.32 Å². The van der Waals surface area contributed by atoms with Gasteiger partial charge in [-0.15, -0.1) is 0 Å². The molecule has 1 aromatic rings. The maximum Gasteiger partial charge on any atom is 0.317 e. The van der Waals surface area contributed by atoms with Crippen LogP contribution in [0.15, 0.2) is 24.3 Å². The summed E-state index contributed by atoms with van der Waals surface area (Å²) in [5.41, 5.74) is -0.000132. The van der Waals surface area contributed by atoms with Crippen molar-refractivity contribution < 1.29 is 14.6 Å². The Morgan fingerprint density at radius 3 is 2.68 bits per heavy atom. The summed E-state index contributed by atoms with van der Waals surface area (Å²) in [6, 6.07) is 7.29. The molecule has 0 saturated carbocycles. The van der Waals surface area contributed by atoms with Gasteiger partial charge >= 0.3 is 6.03 Å². The summed E-state index contributed by atoms with van der Waals surface area (Å²) in [5, 5.41) is 14.5. The van der Waals surface area contributed by atoms with Crippen LogP contribution in [0.4, 0.5) is 4.79 Å². The van der Waals surface area contributed by atoms with Gasteiger partial charge in [-0.2, -0.15) is 0 Å². The minimum Gasteiger partial charge on any atom is -0.385 e. The molecule has 25 heavy (non-hydrogen) atoms. The third-order valence-corrected chi connectivity index (χ3v) is 5.60. The first-order chi connectivity index (χ1) is 12.1. The van der Waals surface area contributed by atoms with Crippen molar-refractivity contribution in [3.8, 4) is 0 Å². The van der Waals surface area contributed by atoms with E-state index in [-0.39, 0.29) is 6.03 Å². The molecule has 2 amide bonds. The molecule has 5 nitrogen and oxygen atoms in total. The first-order valence-electron chi connectivity index (χ1n) is 9.16. The number of hydrogen-bond acceptors (Lipinski definition) is 3. The highest BCUT2D eigenvalue weighted by Gasteiger charge is 2.35. The van der Waals surface area contributed by atoms with Gasteiger partial charge in [-0.25, -0.2) is 4.79 Å². The molecule has 6 heteroatoms. The number of likely N-dealkylation sites (tertiary alicyclic amines) is 1. The van der Waals surface area contributed by atoms with Crippen LogP contribution < -0.4 is 5.32 Å². The Hall–Kier alpha value is -1.30. The zero-order chi connectivity index (χ0) is 17.7. The van der Waals surface area contributed by atoms with Crippen LogP contribution in [0.5, 0.6) is 0 Å². The highest BCUT2D eigenvalue weighted by Crippen LogP contribution is 2.33. The maximum absolute atomic E-state index is 12.3. The van der Waals surface area contributed by atoms with E-state index in [1.54, 1.807) is 17.0 Å². The molecule has 0 unspecified atom stereocenters. The Kier molecular flexibility index (Phi) is 6.20. The molecule has 0 aliphatic carbocycles. The second-order valence-corrected chi connectivity index (χ2v) is 7.57. The molecule has 138 valence electrons. The van der Waals surface area contributed by atoms with Crippen LogP contribution in [0.1, 0.15) is 37.7 Å². The van der Waals surface area contributed by atoms with E-state index in [9.17, 15) is 9.90 Å². The molecule has 2 fully saturated rings. The summed E-state index contributed by atoms with van der Waals surface area (Å²) in [5.74, 6) is 0.654. The molecule has 2 saturated heterocycles. The Labute approximate surface area is 154 Å². The summed E-state index contributed by atoms with van der Waals surface area (Å²) in [4.78, 5) is 14.1. The summed E-state index contributed by atoms with van der Waals surface area (Å²) < 4.78 is 5.37. The Morgan fingerprint density at radius 1 is 1.32 bits per heavy atom. The molecular formula is C19H27ClN2O3. The van der Waals surface area contributed by atoms with Gasteiger partial charge in [-0.3, -0.25) is 0 Å². The number of benzene rings is 1. The third kappa shape index (κ3) is 4.87. The number of carbonyl (C=O) groups is 1. The van der Waals surface area contributed by atoms with Crippen molar-refractivity contribution >= 4 is 17.6 Å². The van der Waals surface area contributed by atoms with Crippen LogP contribution in [0.3, 0.4) is 0 Å². The zero-order valence-electron chi connectivity index (χ0n) is 14.5. The van der Waals surface area contributed by atoms with Crippen LogP contribution >= 0.6 is 11.6 Å². The Morgan fingerprint density at radius 2 is 2.04 bits per heavy atom. The molecule has 2 aliphatic rings. The Bertz CT molecular complexity index is 565. The average Bonchev–Trinajstić information content (AvgIpc) is 3.13. The summed E-state index contributed by atoms with van der Waals surface area (Å²) >= 11 is 5.91.